The zero-order valence-electron chi connectivity index (χ0n) is 7.70. The number of hydrogen-bond acceptors (Lipinski definition) is 3. The fourth-order valence-corrected chi connectivity index (χ4v) is 1.64. The van der Waals surface area contributed by atoms with Crippen LogP contribution in [0.4, 0.5) is 0 Å². The molecule has 0 aliphatic rings. The van der Waals surface area contributed by atoms with Gasteiger partial charge in [0, 0.05) is 22.6 Å². The summed E-state index contributed by atoms with van der Waals surface area (Å²) in [5.74, 6) is 0.670. The summed E-state index contributed by atoms with van der Waals surface area (Å²) in [4.78, 5) is 4.16. The summed E-state index contributed by atoms with van der Waals surface area (Å²) in [6.45, 7) is 2.08. The number of rotatable bonds is 2. The number of nitrogens with zero attached hydrogens (tertiary/aromatic N) is 2. The van der Waals surface area contributed by atoms with Crippen LogP contribution in [-0.2, 0) is 6.42 Å². The lowest BCUT2D eigenvalue weighted by molar-refractivity contribution is 0.381. The lowest BCUT2D eigenvalue weighted by atomic mass is 10.1. The maximum Gasteiger partial charge on any atom is 0.232 e. The molecule has 0 atom stereocenters. The molecule has 14 heavy (non-hydrogen) atoms. The van der Waals surface area contributed by atoms with Crippen LogP contribution in [0.25, 0.3) is 0 Å². The van der Waals surface area contributed by atoms with Gasteiger partial charge in [-0.15, -0.1) is 0 Å². The zero-order chi connectivity index (χ0) is 9.97. The third-order valence-corrected chi connectivity index (χ3v) is 2.48. The smallest absolute Gasteiger partial charge is 0.232 e. The number of hydrogen-bond donors (Lipinski definition) is 0. The maximum atomic E-state index is 5.05. The Labute approximate surface area is 95.7 Å². The van der Waals surface area contributed by atoms with Crippen LogP contribution >= 0.6 is 22.6 Å². The van der Waals surface area contributed by atoms with Gasteiger partial charge in [-0.2, -0.15) is 4.98 Å². The van der Waals surface area contributed by atoms with Crippen LogP contribution in [0.15, 0.2) is 28.8 Å². The van der Waals surface area contributed by atoms with Crippen molar-refractivity contribution >= 4 is 22.6 Å². The molecule has 1 heterocycles. The molecular weight excluding hydrogens is 291 g/mol. The second kappa shape index (κ2) is 4.08. The predicted molar refractivity (Wildman–Crippen MR) is 61.0 cm³/mol. The molecule has 0 spiro atoms. The van der Waals surface area contributed by atoms with Crippen LogP contribution in [0.3, 0.4) is 0 Å². The summed E-state index contributed by atoms with van der Waals surface area (Å²) in [5, 5.41) is 3.74. The molecule has 0 saturated carbocycles. The molecule has 2 rings (SSSR count). The normalized spacial score (nSPS) is 10.4. The van der Waals surface area contributed by atoms with E-state index in [1.165, 1.54) is 11.1 Å². The molecule has 0 bridgehead atoms. The molecule has 0 radical (unpaired) electrons. The molecule has 0 unspecified atom stereocenters. The van der Waals surface area contributed by atoms with Gasteiger partial charge in [0.15, 0.2) is 0 Å². The molecule has 0 N–H and O–H groups in total. The number of halogens is 1. The van der Waals surface area contributed by atoms with Gasteiger partial charge in [0.1, 0.15) is 0 Å². The molecule has 0 saturated heterocycles. The Kier molecular flexibility index (Phi) is 2.81. The summed E-state index contributed by atoms with van der Waals surface area (Å²) >= 11 is 2.04. The van der Waals surface area contributed by atoms with Crippen molar-refractivity contribution in [1.29, 1.82) is 0 Å². The maximum absolute atomic E-state index is 5.05. The SMILES string of the molecule is Cc1ccccc1Cc1nc(I)no1. The molecule has 2 aromatic rings. The Morgan fingerprint density at radius 1 is 1.36 bits per heavy atom. The van der Waals surface area contributed by atoms with E-state index in [9.17, 15) is 0 Å². The van der Waals surface area contributed by atoms with Crippen molar-refractivity contribution in [2.75, 3.05) is 0 Å². The molecular formula is C10H9IN2O. The Morgan fingerprint density at radius 3 is 2.79 bits per heavy atom. The highest BCUT2D eigenvalue weighted by Gasteiger charge is 2.05. The molecule has 1 aromatic carbocycles. The molecule has 0 aliphatic heterocycles. The quantitative estimate of drug-likeness (QED) is 0.800. The Hall–Kier alpha value is -0.910. The average molecular weight is 300 g/mol. The van der Waals surface area contributed by atoms with Crippen molar-refractivity contribution in [3.63, 3.8) is 0 Å². The molecule has 0 amide bonds. The highest BCUT2D eigenvalue weighted by Crippen LogP contribution is 2.12. The Balaban J connectivity index is 2.23. The van der Waals surface area contributed by atoms with Gasteiger partial charge in [0.25, 0.3) is 0 Å². The van der Waals surface area contributed by atoms with E-state index < -0.39 is 0 Å². The summed E-state index contributed by atoms with van der Waals surface area (Å²) < 4.78 is 5.71. The lowest BCUT2D eigenvalue weighted by Crippen LogP contribution is -1.91. The fourth-order valence-electron chi connectivity index (χ4n) is 1.28. The Bertz CT molecular complexity index is 439. The van der Waals surface area contributed by atoms with E-state index in [0.29, 0.717) is 16.1 Å². The van der Waals surface area contributed by atoms with Gasteiger partial charge < -0.3 is 4.52 Å². The highest BCUT2D eigenvalue weighted by molar-refractivity contribution is 14.1. The molecule has 4 heteroatoms. The van der Waals surface area contributed by atoms with E-state index in [1.807, 2.05) is 34.7 Å². The first kappa shape index (κ1) is 9.64. The van der Waals surface area contributed by atoms with Crippen LogP contribution in [0.5, 0.6) is 0 Å². The summed E-state index contributed by atoms with van der Waals surface area (Å²) in [7, 11) is 0. The van der Waals surface area contributed by atoms with Gasteiger partial charge in [-0.3, -0.25) is 0 Å². The van der Waals surface area contributed by atoms with E-state index in [1.54, 1.807) is 0 Å². The molecule has 3 nitrogen and oxygen atoms in total. The number of aromatic nitrogens is 2. The van der Waals surface area contributed by atoms with Crippen molar-refractivity contribution in [3.05, 3.63) is 45.1 Å². The zero-order valence-corrected chi connectivity index (χ0v) is 9.85. The van der Waals surface area contributed by atoms with Crippen molar-refractivity contribution in [3.8, 4) is 0 Å². The first-order chi connectivity index (χ1) is 6.75. The van der Waals surface area contributed by atoms with E-state index >= 15 is 0 Å². The second-order valence-corrected chi connectivity index (χ2v) is 4.03. The van der Waals surface area contributed by atoms with Crippen LogP contribution in [0.2, 0.25) is 0 Å². The minimum absolute atomic E-state index is 0.659. The number of aryl methyl sites for hydroxylation is 1. The van der Waals surface area contributed by atoms with E-state index in [0.717, 1.165) is 0 Å². The van der Waals surface area contributed by atoms with Gasteiger partial charge in [-0.05, 0) is 18.1 Å². The summed E-state index contributed by atoms with van der Waals surface area (Å²) in [6.07, 6.45) is 0.711. The van der Waals surface area contributed by atoms with Crippen molar-refractivity contribution in [1.82, 2.24) is 10.1 Å². The largest absolute Gasteiger partial charge is 0.338 e. The standard InChI is InChI=1S/C10H9IN2O/c1-7-4-2-3-5-8(7)6-9-12-10(11)13-14-9/h2-5H,6H2,1H3. The van der Waals surface area contributed by atoms with E-state index in [-0.39, 0.29) is 0 Å². The van der Waals surface area contributed by atoms with Gasteiger partial charge in [0.05, 0.1) is 6.42 Å². The third kappa shape index (κ3) is 2.12. The highest BCUT2D eigenvalue weighted by atomic mass is 127. The predicted octanol–water partition coefficient (Wildman–Crippen LogP) is 2.57. The second-order valence-electron chi connectivity index (χ2n) is 3.06. The van der Waals surface area contributed by atoms with Crippen molar-refractivity contribution in [2.45, 2.75) is 13.3 Å². The minimum Gasteiger partial charge on any atom is -0.338 e. The monoisotopic (exact) mass is 300 g/mol. The topological polar surface area (TPSA) is 38.9 Å². The van der Waals surface area contributed by atoms with Crippen molar-refractivity contribution in [2.24, 2.45) is 0 Å². The summed E-state index contributed by atoms with van der Waals surface area (Å²) in [6, 6.07) is 8.20. The molecule has 0 aliphatic carbocycles. The Morgan fingerprint density at radius 2 is 2.14 bits per heavy atom. The van der Waals surface area contributed by atoms with Crippen molar-refractivity contribution < 1.29 is 4.52 Å². The van der Waals surface area contributed by atoms with Gasteiger partial charge in [-0.25, -0.2) is 0 Å². The third-order valence-electron chi connectivity index (χ3n) is 2.05. The van der Waals surface area contributed by atoms with E-state index in [4.69, 9.17) is 4.52 Å². The fraction of sp³-hybridized carbons (Fsp3) is 0.200. The molecule has 1 aromatic heterocycles. The van der Waals surface area contributed by atoms with E-state index in [2.05, 4.69) is 29.2 Å². The first-order valence-corrected chi connectivity index (χ1v) is 5.36. The number of benzene rings is 1. The molecule has 72 valence electrons. The molecule has 0 fully saturated rings. The van der Waals surface area contributed by atoms with Crippen LogP contribution in [0.1, 0.15) is 17.0 Å². The van der Waals surface area contributed by atoms with Gasteiger partial charge in [0.2, 0.25) is 9.72 Å². The van der Waals surface area contributed by atoms with Crippen LogP contribution in [0, 0.1) is 10.8 Å². The average Bonchev–Trinajstić information content (AvgIpc) is 2.56. The van der Waals surface area contributed by atoms with Gasteiger partial charge >= 0.3 is 0 Å². The van der Waals surface area contributed by atoms with Gasteiger partial charge in [-0.1, -0.05) is 29.4 Å². The first-order valence-electron chi connectivity index (χ1n) is 4.28. The van der Waals surface area contributed by atoms with Crippen LogP contribution in [-0.4, -0.2) is 10.1 Å². The lowest BCUT2D eigenvalue weighted by Gasteiger charge is -2.00. The van der Waals surface area contributed by atoms with Crippen LogP contribution < -0.4 is 0 Å². The summed E-state index contributed by atoms with van der Waals surface area (Å²) in [5.41, 5.74) is 2.48. The minimum atomic E-state index is 0.659.